The predicted molar refractivity (Wildman–Crippen MR) is 102 cm³/mol. The van der Waals surface area contributed by atoms with E-state index in [-0.39, 0.29) is 24.1 Å². The van der Waals surface area contributed by atoms with E-state index in [1.54, 1.807) is 43.5 Å². The Morgan fingerprint density at radius 1 is 1.00 bits per heavy atom. The van der Waals surface area contributed by atoms with Gasteiger partial charge in [-0.3, -0.25) is 9.59 Å². The van der Waals surface area contributed by atoms with Crippen molar-refractivity contribution >= 4 is 17.5 Å². The first kappa shape index (κ1) is 18.3. The number of rotatable bonds is 6. The Morgan fingerprint density at radius 3 is 2.48 bits per heavy atom. The maximum absolute atomic E-state index is 12.3. The van der Waals surface area contributed by atoms with Crippen molar-refractivity contribution in [2.45, 2.75) is 13.5 Å². The number of hydrogen-bond donors (Lipinski definition) is 2. The van der Waals surface area contributed by atoms with Gasteiger partial charge in [-0.25, -0.2) is 0 Å². The summed E-state index contributed by atoms with van der Waals surface area (Å²) >= 11 is 0. The second kappa shape index (κ2) is 8.23. The van der Waals surface area contributed by atoms with Crippen LogP contribution < -0.4 is 15.4 Å². The number of nitrogens with one attached hydrogen (secondary N) is 2. The summed E-state index contributed by atoms with van der Waals surface area (Å²) in [4.78, 5) is 24.4. The minimum absolute atomic E-state index is 0.183. The first-order chi connectivity index (χ1) is 13.0. The average Bonchev–Trinajstić information content (AvgIpc) is 3.15. The van der Waals surface area contributed by atoms with Gasteiger partial charge in [-0.1, -0.05) is 12.1 Å². The van der Waals surface area contributed by atoms with Crippen LogP contribution in [0.2, 0.25) is 0 Å². The molecule has 27 heavy (non-hydrogen) atoms. The quantitative estimate of drug-likeness (QED) is 0.697. The Morgan fingerprint density at radius 2 is 1.78 bits per heavy atom. The van der Waals surface area contributed by atoms with Crippen LogP contribution in [0.3, 0.4) is 0 Å². The Balaban J connectivity index is 1.57. The van der Waals surface area contributed by atoms with E-state index in [9.17, 15) is 9.59 Å². The van der Waals surface area contributed by atoms with Crippen molar-refractivity contribution in [1.82, 2.24) is 5.32 Å². The van der Waals surface area contributed by atoms with Crippen LogP contribution >= 0.6 is 0 Å². The van der Waals surface area contributed by atoms with Crippen LogP contribution in [0.15, 0.2) is 65.1 Å². The van der Waals surface area contributed by atoms with Crippen LogP contribution in [0, 0.1) is 6.92 Å². The molecule has 0 fully saturated rings. The van der Waals surface area contributed by atoms with Crippen LogP contribution in [0.25, 0.3) is 0 Å². The van der Waals surface area contributed by atoms with E-state index in [1.807, 2.05) is 31.2 Å². The zero-order valence-corrected chi connectivity index (χ0v) is 15.1. The highest BCUT2D eigenvalue weighted by Gasteiger charge is 2.13. The van der Waals surface area contributed by atoms with E-state index in [0.29, 0.717) is 22.8 Å². The number of hydrogen-bond acceptors (Lipinski definition) is 4. The maximum Gasteiger partial charge on any atom is 0.291 e. The monoisotopic (exact) mass is 364 g/mol. The van der Waals surface area contributed by atoms with Gasteiger partial charge in [0.1, 0.15) is 11.5 Å². The molecule has 0 saturated heterocycles. The van der Waals surface area contributed by atoms with Gasteiger partial charge < -0.3 is 19.8 Å². The highest BCUT2D eigenvalue weighted by Crippen LogP contribution is 2.14. The van der Waals surface area contributed by atoms with Gasteiger partial charge in [-0.05, 0) is 61.0 Å². The molecule has 0 bridgehead atoms. The van der Waals surface area contributed by atoms with Gasteiger partial charge in [0.05, 0.1) is 13.7 Å². The fraction of sp³-hybridized carbons (Fsp3) is 0.143. The number of carbonyl (C=O) groups excluding carboxylic acids is 2. The molecule has 2 aromatic carbocycles. The molecule has 0 radical (unpaired) electrons. The molecule has 3 aromatic rings. The summed E-state index contributed by atoms with van der Waals surface area (Å²) in [7, 11) is 1.57. The topological polar surface area (TPSA) is 80.6 Å². The summed E-state index contributed by atoms with van der Waals surface area (Å²) in [6, 6.07) is 17.5. The number of methoxy groups -OCH3 is 1. The highest BCUT2D eigenvalue weighted by atomic mass is 16.5. The Labute approximate surface area is 157 Å². The normalized spacial score (nSPS) is 10.3. The maximum atomic E-state index is 12.3. The molecule has 3 rings (SSSR count). The van der Waals surface area contributed by atoms with Crippen molar-refractivity contribution in [2.75, 3.05) is 12.4 Å². The summed E-state index contributed by atoms with van der Waals surface area (Å²) in [5.74, 6) is 0.784. The molecule has 0 aliphatic heterocycles. The lowest BCUT2D eigenvalue weighted by molar-refractivity contribution is 0.0948. The number of furan rings is 1. The van der Waals surface area contributed by atoms with Crippen molar-refractivity contribution in [3.8, 4) is 5.75 Å². The van der Waals surface area contributed by atoms with Crippen LogP contribution in [0.5, 0.6) is 5.75 Å². The van der Waals surface area contributed by atoms with Gasteiger partial charge in [-0.15, -0.1) is 0 Å². The summed E-state index contributed by atoms with van der Waals surface area (Å²) in [6.07, 6.45) is 0. The van der Waals surface area contributed by atoms with Crippen molar-refractivity contribution < 1.29 is 18.7 Å². The summed E-state index contributed by atoms with van der Waals surface area (Å²) in [5.41, 5.74) is 2.26. The summed E-state index contributed by atoms with van der Waals surface area (Å²) in [6.45, 7) is 2.13. The zero-order chi connectivity index (χ0) is 19.2. The molecule has 0 spiro atoms. The van der Waals surface area contributed by atoms with Crippen molar-refractivity contribution in [1.29, 1.82) is 0 Å². The smallest absolute Gasteiger partial charge is 0.291 e. The third kappa shape index (κ3) is 4.76. The lowest BCUT2D eigenvalue weighted by atomic mass is 10.2. The summed E-state index contributed by atoms with van der Waals surface area (Å²) in [5, 5.41) is 5.54. The molecule has 0 aliphatic rings. The van der Waals surface area contributed by atoms with Crippen LogP contribution in [-0.2, 0) is 6.54 Å². The van der Waals surface area contributed by atoms with E-state index >= 15 is 0 Å². The number of aryl methyl sites for hydroxylation is 1. The summed E-state index contributed by atoms with van der Waals surface area (Å²) < 4.78 is 10.6. The van der Waals surface area contributed by atoms with E-state index in [0.717, 1.165) is 5.56 Å². The standard InChI is InChI=1S/C21H20N2O4/c1-14-4-3-5-16(12-14)23-21(25)19-11-10-18(27-19)13-22-20(24)15-6-8-17(26-2)9-7-15/h3-12H,13H2,1-2H3,(H,22,24)(H,23,25). The lowest BCUT2D eigenvalue weighted by Crippen LogP contribution is -2.22. The number of ether oxygens (including phenoxy) is 1. The first-order valence-corrected chi connectivity index (χ1v) is 8.44. The second-order valence-corrected chi connectivity index (χ2v) is 6.00. The number of benzene rings is 2. The number of anilines is 1. The predicted octanol–water partition coefficient (Wildman–Crippen LogP) is 3.78. The number of carbonyl (C=O) groups is 2. The first-order valence-electron chi connectivity index (χ1n) is 8.44. The Bertz CT molecular complexity index is 945. The van der Waals surface area contributed by atoms with Crippen LogP contribution in [-0.4, -0.2) is 18.9 Å². The molecule has 138 valence electrons. The molecular formula is C21H20N2O4. The molecule has 0 atom stereocenters. The molecule has 0 unspecified atom stereocenters. The molecule has 2 N–H and O–H groups in total. The Kier molecular flexibility index (Phi) is 5.56. The second-order valence-electron chi connectivity index (χ2n) is 6.00. The third-order valence-electron chi connectivity index (χ3n) is 3.94. The van der Waals surface area contributed by atoms with Crippen LogP contribution in [0.1, 0.15) is 32.2 Å². The van der Waals surface area contributed by atoms with Gasteiger partial charge in [0.2, 0.25) is 0 Å². The average molecular weight is 364 g/mol. The van der Waals surface area contributed by atoms with Crippen molar-refractivity contribution in [3.63, 3.8) is 0 Å². The molecular weight excluding hydrogens is 344 g/mol. The minimum atomic E-state index is -0.340. The molecule has 0 aliphatic carbocycles. The van der Waals surface area contributed by atoms with Crippen molar-refractivity contribution in [3.05, 3.63) is 83.3 Å². The molecule has 6 nitrogen and oxygen atoms in total. The van der Waals surface area contributed by atoms with Crippen molar-refractivity contribution in [2.24, 2.45) is 0 Å². The van der Waals surface area contributed by atoms with E-state index in [2.05, 4.69) is 10.6 Å². The van der Waals surface area contributed by atoms with Gasteiger partial charge >= 0.3 is 0 Å². The molecule has 6 heteroatoms. The molecule has 1 aromatic heterocycles. The Hall–Kier alpha value is -3.54. The van der Waals surface area contributed by atoms with E-state index in [4.69, 9.17) is 9.15 Å². The largest absolute Gasteiger partial charge is 0.497 e. The van der Waals surface area contributed by atoms with Gasteiger partial charge in [0.25, 0.3) is 11.8 Å². The minimum Gasteiger partial charge on any atom is -0.497 e. The lowest BCUT2D eigenvalue weighted by Gasteiger charge is -2.05. The van der Waals surface area contributed by atoms with E-state index in [1.165, 1.54) is 0 Å². The SMILES string of the molecule is COc1ccc(C(=O)NCc2ccc(C(=O)Nc3cccc(C)c3)o2)cc1. The third-order valence-corrected chi connectivity index (χ3v) is 3.94. The molecule has 2 amide bonds. The van der Waals surface area contributed by atoms with Gasteiger partial charge in [-0.2, -0.15) is 0 Å². The molecule has 0 saturated carbocycles. The highest BCUT2D eigenvalue weighted by molar-refractivity contribution is 6.02. The van der Waals surface area contributed by atoms with Gasteiger partial charge in [0, 0.05) is 11.3 Å². The molecule has 1 heterocycles. The fourth-order valence-corrected chi connectivity index (χ4v) is 2.52. The zero-order valence-electron chi connectivity index (χ0n) is 15.1. The fourth-order valence-electron chi connectivity index (χ4n) is 2.52. The van der Waals surface area contributed by atoms with Crippen LogP contribution in [0.4, 0.5) is 5.69 Å². The number of amides is 2. The van der Waals surface area contributed by atoms with Gasteiger partial charge in [0.15, 0.2) is 5.76 Å². The van der Waals surface area contributed by atoms with E-state index < -0.39 is 0 Å².